The van der Waals surface area contributed by atoms with Crippen LogP contribution in [-0.4, -0.2) is 21.0 Å². The van der Waals surface area contributed by atoms with Gasteiger partial charge in [0, 0.05) is 0 Å². The van der Waals surface area contributed by atoms with Crippen LogP contribution in [0.5, 0.6) is 0 Å². The number of hydrogen-bond acceptors (Lipinski definition) is 3. The molecule has 4 heteroatoms. The summed E-state index contributed by atoms with van der Waals surface area (Å²) >= 11 is 0. The molecule has 0 unspecified atom stereocenters. The Hall–Kier alpha value is -1.97. The minimum atomic E-state index is -0.945. The van der Waals surface area contributed by atoms with Crippen molar-refractivity contribution < 1.29 is 9.90 Å². The van der Waals surface area contributed by atoms with Crippen LogP contribution in [0.25, 0.3) is 11.0 Å². The van der Waals surface area contributed by atoms with Crippen LogP contribution in [0.2, 0.25) is 0 Å². The van der Waals surface area contributed by atoms with Crippen LogP contribution in [0, 0.1) is 6.92 Å². The number of hydrogen-bond donors (Lipinski definition) is 1. The molecule has 1 aromatic carbocycles. The summed E-state index contributed by atoms with van der Waals surface area (Å²) in [6.45, 7) is 6.03. The molecule has 0 aliphatic rings. The van der Waals surface area contributed by atoms with Gasteiger partial charge in [-0.25, -0.2) is 14.8 Å². The van der Waals surface area contributed by atoms with E-state index in [1.165, 1.54) is 0 Å². The monoisotopic (exact) mass is 230 g/mol. The number of aromatic nitrogens is 2. The third kappa shape index (κ3) is 2.11. The van der Waals surface area contributed by atoms with E-state index in [0.29, 0.717) is 11.4 Å². The van der Waals surface area contributed by atoms with Gasteiger partial charge in [-0.2, -0.15) is 0 Å². The van der Waals surface area contributed by atoms with Crippen molar-refractivity contribution in [3.8, 4) is 0 Å². The lowest BCUT2D eigenvalue weighted by Crippen LogP contribution is -2.02. The molecule has 0 saturated heterocycles. The Bertz CT molecular complexity index is 591. The second kappa shape index (κ2) is 4.13. The molecule has 0 amide bonds. The third-order valence-electron chi connectivity index (χ3n) is 2.67. The first kappa shape index (κ1) is 11.5. The number of carbonyl (C=O) groups is 1. The predicted molar refractivity (Wildman–Crippen MR) is 65.3 cm³/mol. The van der Waals surface area contributed by atoms with Gasteiger partial charge < -0.3 is 5.11 Å². The molecular formula is C13H14N2O2. The molecule has 0 saturated carbocycles. The lowest BCUT2D eigenvalue weighted by atomic mass is 10.1. The van der Waals surface area contributed by atoms with E-state index in [1.54, 1.807) is 18.2 Å². The van der Waals surface area contributed by atoms with Gasteiger partial charge in [-0.3, -0.25) is 0 Å². The molecule has 1 N–H and O–H groups in total. The average Bonchev–Trinajstić information content (AvgIpc) is 2.26. The number of nitrogens with zero attached hydrogens (tertiary/aromatic N) is 2. The van der Waals surface area contributed by atoms with Crippen molar-refractivity contribution in [1.82, 2.24) is 9.97 Å². The number of carboxylic acids is 1. The smallest absolute Gasteiger partial charge is 0.335 e. The zero-order valence-electron chi connectivity index (χ0n) is 10.1. The molecule has 0 radical (unpaired) electrons. The maximum Gasteiger partial charge on any atom is 0.335 e. The molecule has 0 bridgehead atoms. The average molecular weight is 230 g/mol. The first-order valence-electron chi connectivity index (χ1n) is 5.50. The summed E-state index contributed by atoms with van der Waals surface area (Å²) in [7, 11) is 0. The van der Waals surface area contributed by atoms with Crippen LogP contribution in [0.3, 0.4) is 0 Å². The van der Waals surface area contributed by atoms with E-state index < -0.39 is 5.97 Å². The quantitative estimate of drug-likeness (QED) is 0.861. The lowest BCUT2D eigenvalue weighted by molar-refractivity contribution is 0.0697. The molecule has 0 fully saturated rings. The summed E-state index contributed by atoms with van der Waals surface area (Å²) in [4.78, 5) is 19.8. The van der Waals surface area contributed by atoms with E-state index in [0.717, 1.165) is 16.9 Å². The maximum atomic E-state index is 10.9. The Kier molecular flexibility index (Phi) is 2.79. The minimum absolute atomic E-state index is 0.239. The highest BCUT2D eigenvalue weighted by molar-refractivity contribution is 5.92. The van der Waals surface area contributed by atoms with E-state index in [2.05, 4.69) is 23.8 Å². The Morgan fingerprint density at radius 2 is 1.94 bits per heavy atom. The van der Waals surface area contributed by atoms with Gasteiger partial charge in [0.05, 0.1) is 28.0 Å². The van der Waals surface area contributed by atoms with Crippen LogP contribution in [0.4, 0.5) is 0 Å². The number of carboxylic acid groups (broad SMARTS) is 1. The summed E-state index contributed by atoms with van der Waals surface area (Å²) in [5.74, 6) is -0.634. The van der Waals surface area contributed by atoms with Gasteiger partial charge in [0.2, 0.25) is 0 Å². The first-order chi connectivity index (χ1) is 7.99. The van der Waals surface area contributed by atoms with Crippen molar-refractivity contribution >= 4 is 17.0 Å². The standard InChI is InChI=1S/C13H14N2O2/c1-7(2)12-8(3)14-11-6-9(13(16)17)4-5-10(11)15-12/h4-7H,1-3H3,(H,16,17). The minimum Gasteiger partial charge on any atom is -0.478 e. The molecule has 0 spiro atoms. The number of aromatic carboxylic acids is 1. The Balaban J connectivity index is 2.66. The fraction of sp³-hybridized carbons (Fsp3) is 0.308. The Labute approximate surface area is 99.3 Å². The third-order valence-corrected chi connectivity index (χ3v) is 2.67. The summed E-state index contributed by atoms with van der Waals surface area (Å²) in [6, 6.07) is 4.82. The summed E-state index contributed by atoms with van der Waals surface area (Å²) < 4.78 is 0. The predicted octanol–water partition coefficient (Wildman–Crippen LogP) is 2.76. The van der Waals surface area contributed by atoms with Crippen molar-refractivity contribution in [3.63, 3.8) is 0 Å². The van der Waals surface area contributed by atoms with Crippen molar-refractivity contribution in [3.05, 3.63) is 35.2 Å². The second-order valence-corrected chi connectivity index (χ2v) is 4.36. The molecule has 0 aliphatic heterocycles. The van der Waals surface area contributed by atoms with Crippen LogP contribution >= 0.6 is 0 Å². The topological polar surface area (TPSA) is 63.1 Å². The van der Waals surface area contributed by atoms with E-state index in [1.807, 2.05) is 6.92 Å². The normalized spacial score (nSPS) is 11.1. The van der Waals surface area contributed by atoms with Gasteiger partial charge in [-0.1, -0.05) is 13.8 Å². The van der Waals surface area contributed by atoms with Crippen molar-refractivity contribution in [2.45, 2.75) is 26.7 Å². The molecule has 0 atom stereocenters. The van der Waals surface area contributed by atoms with Crippen molar-refractivity contribution in [2.75, 3.05) is 0 Å². The SMILES string of the molecule is Cc1nc2cc(C(=O)O)ccc2nc1C(C)C. The van der Waals surface area contributed by atoms with Crippen molar-refractivity contribution in [2.24, 2.45) is 0 Å². The zero-order chi connectivity index (χ0) is 12.6. The number of benzene rings is 1. The van der Waals surface area contributed by atoms with Crippen LogP contribution < -0.4 is 0 Å². The lowest BCUT2D eigenvalue weighted by Gasteiger charge is -2.09. The van der Waals surface area contributed by atoms with Gasteiger partial charge >= 0.3 is 5.97 Å². The summed E-state index contributed by atoms with van der Waals surface area (Å²) in [5, 5.41) is 8.91. The number of aryl methyl sites for hydroxylation is 1. The highest BCUT2D eigenvalue weighted by Gasteiger charge is 2.10. The van der Waals surface area contributed by atoms with Crippen LogP contribution in [-0.2, 0) is 0 Å². The van der Waals surface area contributed by atoms with Gasteiger partial charge in [0.25, 0.3) is 0 Å². The second-order valence-electron chi connectivity index (χ2n) is 4.36. The molecule has 88 valence electrons. The molecule has 0 aliphatic carbocycles. The molecule has 1 heterocycles. The van der Waals surface area contributed by atoms with Crippen LogP contribution in [0.1, 0.15) is 41.5 Å². The Morgan fingerprint density at radius 1 is 1.24 bits per heavy atom. The molecule has 2 aromatic rings. The van der Waals surface area contributed by atoms with Gasteiger partial charge in [0.1, 0.15) is 0 Å². The Morgan fingerprint density at radius 3 is 2.53 bits per heavy atom. The first-order valence-corrected chi connectivity index (χ1v) is 5.50. The van der Waals surface area contributed by atoms with E-state index >= 15 is 0 Å². The fourth-order valence-electron chi connectivity index (χ4n) is 1.84. The molecule has 1 aromatic heterocycles. The molecule has 2 rings (SSSR count). The summed E-state index contributed by atoms with van der Waals surface area (Å²) in [5.41, 5.74) is 3.43. The number of rotatable bonds is 2. The fourth-order valence-corrected chi connectivity index (χ4v) is 1.84. The van der Waals surface area contributed by atoms with Crippen LogP contribution in [0.15, 0.2) is 18.2 Å². The zero-order valence-corrected chi connectivity index (χ0v) is 10.1. The molecule has 17 heavy (non-hydrogen) atoms. The highest BCUT2D eigenvalue weighted by atomic mass is 16.4. The van der Waals surface area contributed by atoms with Crippen molar-refractivity contribution in [1.29, 1.82) is 0 Å². The van der Waals surface area contributed by atoms with E-state index in [-0.39, 0.29) is 5.56 Å². The van der Waals surface area contributed by atoms with E-state index in [9.17, 15) is 4.79 Å². The molecular weight excluding hydrogens is 216 g/mol. The van der Waals surface area contributed by atoms with Gasteiger partial charge in [-0.05, 0) is 31.0 Å². The largest absolute Gasteiger partial charge is 0.478 e. The van der Waals surface area contributed by atoms with Gasteiger partial charge in [0.15, 0.2) is 0 Å². The highest BCUT2D eigenvalue weighted by Crippen LogP contribution is 2.20. The van der Waals surface area contributed by atoms with E-state index in [4.69, 9.17) is 5.11 Å². The maximum absolute atomic E-state index is 10.9. The van der Waals surface area contributed by atoms with Gasteiger partial charge in [-0.15, -0.1) is 0 Å². The summed E-state index contributed by atoms with van der Waals surface area (Å²) in [6.07, 6.45) is 0. The number of fused-ring (bicyclic) bond motifs is 1. The molecule has 4 nitrogen and oxygen atoms in total.